The molecule has 2 nitrogen and oxygen atoms in total. The van der Waals surface area contributed by atoms with Crippen LogP contribution in [0, 0.1) is 29.2 Å². The summed E-state index contributed by atoms with van der Waals surface area (Å²) in [4.78, 5) is 0. The molecule has 0 amide bonds. The second kappa shape index (κ2) is 13.0. The van der Waals surface area contributed by atoms with Crippen LogP contribution in [0.15, 0.2) is 48.5 Å². The van der Waals surface area contributed by atoms with Gasteiger partial charge in [-0.3, -0.25) is 0 Å². The minimum atomic E-state index is -4.48. The number of benzene rings is 3. The Kier molecular flexibility index (Phi) is 9.69. The van der Waals surface area contributed by atoms with Crippen molar-refractivity contribution in [2.24, 2.45) is 5.92 Å². The molecule has 0 bridgehead atoms. The van der Waals surface area contributed by atoms with Crippen molar-refractivity contribution < 1.29 is 35.8 Å². The first-order valence-corrected chi connectivity index (χ1v) is 13.9. The summed E-state index contributed by atoms with van der Waals surface area (Å²) >= 11 is 0. The van der Waals surface area contributed by atoms with Gasteiger partial charge in [0.05, 0.1) is 6.61 Å². The SMILES string of the molecule is CCCCC1CCCC(c2ccc(-c3ccc(C(F)(F)Oc4ccc(OCC)c(F)c4F)c(F)c3F)cc2)CC1. The van der Waals surface area contributed by atoms with Crippen LogP contribution >= 0.6 is 0 Å². The first-order valence-electron chi connectivity index (χ1n) is 13.9. The standard InChI is InChI=1S/C32H34F6O2/c1-3-5-7-20-8-6-9-21(11-10-20)22-12-14-23(15-13-22)24-16-17-25(29(34)28(24)33)32(37,38)40-27-19-18-26(39-4-2)30(35)31(27)36/h12-21H,3-11H2,1-2H3. The lowest BCUT2D eigenvalue weighted by atomic mass is 9.89. The average molecular weight is 565 g/mol. The summed E-state index contributed by atoms with van der Waals surface area (Å²) < 4.78 is 97.1. The van der Waals surface area contributed by atoms with Crippen molar-refractivity contribution >= 4 is 0 Å². The van der Waals surface area contributed by atoms with Crippen LogP contribution in [0.3, 0.4) is 0 Å². The molecule has 1 aliphatic rings. The van der Waals surface area contributed by atoms with Gasteiger partial charge in [-0.05, 0) is 67.3 Å². The highest BCUT2D eigenvalue weighted by molar-refractivity contribution is 5.65. The summed E-state index contributed by atoms with van der Waals surface area (Å²) in [5.41, 5.74) is -0.163. The fourth-order valence-electron chi connectivity index (χ4n) is 5.48. The molecule has 3 aromatic rings. The van der Waals surface area contributed by atoms with E-state index in [1.807, 2.05) is 12.1 Å². The lowest BCUT2D eigenvalue weighted by Crippen LogP contribution is -2.25. The van der Waals surface area contributed by atoms with Crippen LogP contribution in [0.25, 0.3) is 11.1 Å². The molecule has 1 fully saturated rings. The Bertz CT molecular complexity index is 1290. The Morgan fingerprint density at radius 2 is 1.45 bits per heavy atom. The van der Waals surface area contributed by atoms with Gasteiger partial charge < -0.3 is 9.47 Å². The monoisotopic (exact) mass is 564 g/mol. The predicted molar refractivity (Wildman–Crippen MR) is 143 cm³/mol. The molecule has 0 saturated heterocycles. The maximum absolute atomic E-state index is 15.0. The molecule has 0 aliphatic heterocycles. The van der Waals surface area contributed by atoms with E-state index in [4.69, 9.17) is 4.74 Å². The fourth-order valence-corrected chi connectivity index (χ4v) is 5.48. The van der Waals surface area contributed by atoms with Gasteiger partial charge in [-0.15, -0.1) is 0 Å². The van der Waals surface area contributed by atoms with Crippen LogP contribution < -0.4 is 9.47 Å². The lowest BCUT2D eigenvalue weighted by Gasteiger charge is -2.20. The van der Waals surface area contributed by atoms with Gasteiger partial charge in [-0.25, -0.2) is 8.78 Å². The predicted octanol–water partition coefficient (Wildman–Crippen LogP) is 10.3. The minimum absolute atomic E-state index is 0.0203. The second-order valence-electron chi connectivity index (χ2n) is 10.4. The van der Waals surface area contributed by atoms with Crippen molar-refractivity contribution in [3.8, 4) is 22.6 Å². The summed E-state index contributed by atoms with van der Waals surface area (Å²) in [6, 6.07) is 10.5. The molecule has 1 saturated carbocycles. The zero-order chi connectivity index (χ0) is 28.9. The second-order valence-corrected chi connectivity index (χ2v) is 10.4. The average Bonchev–Trinajstić information content (AvgIpc) is 3.19. The summed E-state index contributed by atoms with van der Waals surface area (Å²) in [5.74, 6) is -7.08. The van der Waals surface area contributed by atoms with Gasteiger partial charge in [-0.2, -0.15) is 17.6 Å². The third-order valence-corrected chi connectivity index (χ3v) is 7.69. The maximum Gasteiger partial charge on any atom is 0.429 e. The van der Waals surface area contributed by atoms with Crippen LogP contribution in [-0.2, 0) is 6.11 Å². The van der Waals surface area contributed by atoms with Crippen molar-refractivity contribution in [3.05, 3.63) is 82.9 Å². The summed E-state index contributed by atoms with van der Waals surface area (Å²) in [6.45, 7) is 3.76. The molecule has 0 radical (unpaired) electrons. The van der Waals surface area contributed by atoms with Gasteiger partial charge >= 0.3 is 6.11 Å². The molecule has 0 N–H and O–H groups in total. The number of alkyl halides is 2. The van der Waals surface area contributed by atoms with Crippen molar-refractivity contribution in [1.82, 2.24) is 0 Å². The van der Waals surface area contributed by atoms with E-state index in [1.54, 1.807) is 12.1 Å². The molecule has 1 aliphatic carbocycles. The third kappa shape index (κ3) is 6.58. The summed E-state index contributed by atoms with van der Waals surface area (Å²) in [5, 5.41) is 0. The van der Waals surface area contributed by atoms with E-state index >= 15 is 4.39 Å². The molecule has 2 atom stereocenters. The highest BCUT2D eigenvalue weighted by Crippen LogP contribution is 2.40. The van der Waals surface area contributed by atoms with E-state index < -0.39 is 46.4 Å². The van der Waals surface area contributed by atoms with E-state index in [-0.39, 0.29) is 12.2 Å². The van der Waals surface area contributed by atoms with E-state index in [1.165, 1.54) is 39.0 Å². The Morgan fingerprint density at radius 3 is 2.15 bits per heavy atom. The van der Waals surface area contributed by atoms with Gasteiger partial charge in [0.15, 0.2) is 23.1 Å². The molecule has 2 unspecified atom stereocenters. The molecule has 0 spiro atoms. The van der Waals surface area contributed by atoms with Gasteiger partial charge in [0.2, 0.25) is 11.6 Å². The van der Waals surface area contributed by atoms with Crippen LogP contribution in [0.1, 0.15) is 82.3 Å². The van der Waals surface area contributed by atoms with Gasteiger partial charge in [-0.1, -0.05) is 69.4 Å². The topological polar surface area (TPSA) is 18.5 Å². The van der Waals surface area contributed by atoms with Crippen molar-refractivity contribution in [1.29, 1.82) is 0 Å². The molecular weight excluding hydrogens is 530 g/mol. The Morgan fingerprint density at radius 1 is 0.750 bits per heavy atom. The van der Waals surface area contributed by atoms with Crippen molar-refractivity contribution in [2.75, 3.05) is 6.61 Å². The smallest absolute Gasteiger partial charge is 0.429 e. The quantitative estimate of drug-likeness (QED) is 0.180. The third-order valence-electron chi connectivity index (χ3n) is 7.69. The van der Waals surface area contributed by atoms with E-state index in [0.717, 1.165) is 48.9 Å². The highest BCUT2D eigenvalue weighted by atomic mass is 19.3. The van der Waals surface area contributed by atoms with Crippen LogP contribution in [0.2, 0.25) is 0 Å². The normalized spacial score (nSPS) is 17.9. The zero-order valence-corrected chi connectivity index (χ0v) is 22.7. The van der Waals surface area contributed by atoms with Gasteiger partial charge in [0, 0.05) is 5.56 Å². The van der Waals surface area contributed by atoms with E-state index in [9.17, 15) is 22.0 Å². The number of ether oxygens (including phenoxy) is 2. The zero-order valence-electron chi connectivity index (χ0n) is 22.7. The van der Waals surface area contributed by atoms with Gasteiger partial charge in [0.25, 0.3) is 0 Å². The van der Waals surface area contributed by atoms with Crippen molar-refractivity contribution in [2.45, 2.75) is 77.2 Å². The number of hydrogen-bond acceptors (Lipinski definition) is 2. The van der Waals surface area contributed by atoms with Crippen LogP contribution in [0.5, 0.6) is 11.5 Å². The number of unbranched alkanes of at least 4 members (excludes halogenated alkanes) is 1. The lowest BCUT2D eigenvalue weighted by molar-refractivity contribution is -0.189. The molecular formula is C32H34F6O2. The number of rotatable bonds is 10. The Labute approximate surface area is 231 Å². The van der Waals surface area contributed by atoms with Gasteiger partial charge in [0.1, 0.15) is 5.56 Å². The molecule has 216 valence electrons. The maximum atomic E-state index is 15.0. The molecule has 4 rings (SSSR count). The minimum Gasteiger partial charge on any atom is -0.491 e. The molecule has 40 heavy (non-hydrogen) atoms. The van der Waals surface area contributed by atoms with Crippen LogP contribution in [0.4, 0.5) is 26.3 Å². The fraction of sp³-hybridized carbons (Fsp3) is 0.438. The van der Waals surface area contributed by atoms with Crippen molar-refractivity contribution in [3.63, 3.8) is 0 Å². The first kappa shape index (κ1) is 29.8. The molecule has 0 heterocycles. The first-order chi connectivity index (χ1) is 19.2. The molecule has 0 aromatic heterocycles. The van der Waals surface area contributed by atoms with E-state index in [2.05, 4.69) is 11.7 Å². The number of halogens is 6. The highest BCUT2D eigenvalue weighted by Gasteiger charge is 2.40. The molecule has 3 aromatic carbocycles. The van der Waals surface area contributed by atoms with E-state index in [0.29, 0.717) is 17.5 Å². The number of hydrogen-bond donors (Lipinski definition) is 0. The molecule has 8 heteroatoms. The summed E-state index contributed by atoms with van der Waals surface area (Å²) in [7, 11) is 0. The Hall–Kier alpha value is -3.16. The Balaban J connectivity index is 1.51. The largest absolute Gasteiger partial charge is 0.491 e. The van der Waals surface area contributed by atoms with Crippen LogP contribution in [-0.4, -0.2) is 6.61 Å². The summed E-state index contributed by atoms with van der Waals surface area (Å²) in [6.07, 6.45) is 4.96.